The smallest absolute Gasteiger partial charge is 0.416 e. The first-order valence-electron chi connectivity index (χ1n) is 11.4. The first-order chi connectivity index (χ1) is 15.9. The number of halogens is 3. The normalized spacial score (nSPS) is 17.1. The van der Waals surface area contributed by atoms with Gasteiger partial charge in [-0.15, -0.1) is 10.2 Å². The van der Waals surface area contributed by atoms with E-state index in [4.69, 9.17) is 4.74 Å². The van der Waals surface area contributed by atoms with E-state index in [-0.39, 0.29) is 12.0 Å². The number of aromatic nitrogens is 2. The highest BCUT2D eigenvalue weighted by Crippen LogP contribution is 2.35. The van der Waals surface area contributed by atoms with Gasteiger partial charge in [-0.2, -0.15) is 13.2 Å². The SMILES string of the molecule is Cc1c(-c2ccc(C(F)(F)F)cc2)nnc2c(C3CCCN(C(=O)OC(C)(C)C)C3)cccc12. The summed E-state index contributed by atoms with van der Waals surface area (Å²) in [5, 5.41) is 9.78. The Labute approximate surface area is 196 Å². The lowest BCUT2D eigenvalue weighted by Gasteiger charge is -2.34. The molecule has 0 radical (unpaired) electrons. The van der Waals surface area contributed by atoms with Crippen LogP contribution in [0.2, 0.25) is 0 Å². The highest BCUT2D eigenvalue weighted by Gasteiger charge is 2.31. The van der Waals surface area contributed by atoms with Crippen LogP contribution in [0.25, 0.3) is 22.2 Å². The second-order valence-electron chi connectivity index (χ2n) is 9.76. The van der Waals surface area contributed by atoms with E-state index in [1.54, 1.807) is 4.90 Å². The maximum atomic E-state index is 12.9. The zero-order valence-corrected chi connectivity index (χ0v) is 19.7. The van der Waals surface area contributed by atoms with E-state index < -0.39 is 17.3 Å². The third-order valence-corrected chi connectivity index (χ3v) is 6.08. The van der Waals surface area contributed by atoms with Crippen LogP contribution in [0.3, 0.4) is 0 Å². The zero-order chi connectivity index (χ0) is 24.7. The maximum Gasteiger partial charge on any atom is 0.416 e. The van der Waals surface area contributed by atoms with Gasteiger partial charge in [0, 0.05) is 30.0 Å². The van der Waals surface area contributed by atoms with Crippen LogP contribution in [-0.2, 0) is 10.9 Å². The van der Waals surface area contributed by atoms with Crippen molar-refractivity contribution in [3.05, 3.63) is 59.2 Å². The average molecular weight is 472 g/mol. The minimum Gasteiger partial charge on any atom is -0.444 e. The summed E-state index contributed by atoms with van der Waals surface area (Å²) in [4.78, 5) is 14.3. The molecule has 1 saturated heterocycles. The van der Waals surface area contributed by atoms with Crippen molar-refractivity contribution in [1.29, 1.82) is 0 Å². The Morgan fingerprint density at radius 3 is 2.41 bits per heavy atom. The van der Waals surface area contributed by atoms with E-state index in [1.807, 2.05) is 45.9 Å². The van der Waals surface area contributed by atoms with Crippen LogP contribution in [0, 0.1) is 6.92 Å². The minimum atomic E-state index is -4.38. The highest BCUT2D eigenvalue weighted by atomic mass is 19.4. The number of carbonyl (C=O) groups is 1. The van der Waals surface area contributed by atoms with E-state index in [2.05, 4.69) is 10.2 Å². The number of ether oxygens (including phenoxy) is 1. The molecule has 0 saturated carbocycles. The van der Waals surface area contributed by atoms with E-state index >= 15 is 0 Å². The van der Waals surface area contributed by atoms with Crippen molar-refractivity contribution in [1.82, 2.24) is 15.1 Å². The summed E-state index contributed by atoms with van der Waals surface area (Å²) in [6.07, 6.45) is -2.93. The number of alkyl halides is 3. The van der Waals surface area contributed by atoms with Crippen molar-refractivity contribution in [2.75, 3.05) is 13.1 Å². The summed E-state index contributed by atoms with van der Waals surface area (Å²) in [6, 6.07) is 10.9. The first-order valence-corrected chi connectivity index (χ1v) is 11.4. The molecule has 4 rings (SSSR count). The summed E-state index contributed by atoms with van der Waals surface area (Å²) in [6.45, 7) is 8.65. The molecule has 1 aromatic heterocycles. The van der Waals surface area contributed by atoms with Gasteiger partial charge in [0.1, 0.15) is 5.60 Å². The molecule has 0 N–H and O–H groups in total. The van der Waals surface area contributed by atoms with Gasteiger partial charge in [-0.3, -0.25) is 0 Å². The second kappa shape index (κ2) is 8.89. The van der Waals surface area contributed by atoms with Crippen LogP contribution in [0.15, 0.2) is 42.5 Å². The highest BCUT2D eigenvalue weighted by molar-refractivity contribution is 5.89. The molecule has 0 bridgehead atoms. The topological polar surface area (TPSA) is 55.3 Å². The average Bonchev–Trinajstić information content (AvgIpc) is 2.77. The van der Waals surface area contributed by atoms with Crippen LogP contribution in [0.1, 0.15) is 56.2 Å². The standard InChI is InChI=1S/C26H28F3N3O2/c1-16-20-8-5-9-21(18-7-6-14-32(15-18)24(33)34-25(2,3)4)23(20)31-30-22(16)17-10-12-19(13-11-17)26(27,28)29/h5,8-13,18H,6-7,14-15H2,1-4H3. The predicted molar refractivity (Wildman–Crippen MR) is 124 cm³/mol. The Bertz CT molecular complexity index is 1200. The van der Waals surface area contributed by atoms with Gasteiger partial charge in [0.15, 0.2) is 0 Å². The van der Waals surface area contributed by atoms with Crippen molar-refractivity contribution < 1.29 is 22.7 Å². The van der Waals surface area contributed by atoms with Crippen LogP contribution >= 0.6 is 0 Å². The van der Waals surface area contributed by atoms with Crippen LogP contribution < -0.4 is 0 Å². The van der Waals surface area contributed by atoms with Crippen molar-refractivity contribution >= 4 is 17.0 Å². The number of carbonyl (C=O) groups excluding carboxylic acids is 1. The number of hydrogen-bond acceptors (Lipinski definition) is 4. The van der Waals surface area contributed by atoms with E-state index in [0.29, 0.717) is 24.3 Å². The third-order valence-electron chi connectivity index (χ3n) is 6.08. The molecule has 0 aliphatic carbocycles. The molecule has 8 heteroatoms. The number of aryl methyl sites for hydroxylation is 1. The summed E-state index contributed by atoms with van der Waals surface area (Å²) < 4.78 is 44.3. The molecule has 2 aromatic carbocycles. The Morgan fingerprint density at radius 2 is 1.76 bits per heavy atom. The Hall–Kier alpha value is -3.16. The Kier molecular flexibility index (Phi) is 6.27. The molecule has 180 valence electrons. The van der Waals surface area contributed by atoms with Gasteiger partial charge in [0.05, 0.1) is 16.8 Å². The number of hydrogen-bond donors (Lipinski definition) is 0. The molecule has 34 heavy (non-hydrogen) atoms. The second-order valence-corrected chi connectivity index (χ2v) is 9.76. The van der Waals surface area contributed by atoms with E-state index in [9.17, 15) is 18.0 Å². The summed E-state index contributed by atoms with van der Waals surface area (Å²) >= 11 is 0. The fourth-order valence-corrected chi connectivity index (χ4v) is 4.42. The largest absolute Gasteiger partial charge is 0.444 e. The van der Waals surface area contributed by atoms with E-state index in [0.717, 1.165) is 47.0 Å². The molecular weight excluding hydrogens is 443 g/mol. The van der Waals surface area contributed by atoms with Gasteiger partial charge in [-0.25, -0.2) is 4.79 Å². The number of benzene rings is 2. The number of amides is 1. The van der Waals surface area contributed by atoms with Gasteiger partial charge in [0.2, 0.25) is 0 Å². The molecule has 2 heterocycles. The number of rotatable bonds is 2. The summed E-state index contributed by atoms with van der Waals surface area (Å²) in [5.41, 5.74) is 2.51. The monoisotopic (exact) mass is 471 g/mol. The zero-order valence-electron chi connectivity index (χ0n) is 19.7. The molecular formula is C26H28F3N3O2. The van der Waals surface area contributed by atoms with E-state index in [1.165, 1.54) is 12.1 Å². The summed E-state index contributed by atoms with van der Waals surface area (Å²) in [5.74, 6) is 0.0931. The number of likely N-dealkylation sites (tertiary alicyclic amines) is 1. The lowest BCUT2D eigenvalue weighted by molar-refractivity contribution is -0.137. The predicted octanol–water partition coefficient (Wildman–Crippen LogP) is 6.74. The quantitative estimate of drug-likeness (QED) is 0.415. The Balaban J connectivity index is 1.65. The molecule has 1 aliphatic rings. The first kappa shape index (κ1) is 24.0. The minimum absolute atomic E-state index is 0.0931. The van der Waals surface area contributed by atoms with Gasteiger partial charge in [-0.05, 0) is 63.8 Å². The molecule has 0 spiro atoms. The van der Waals surface area contributed by atoms with Crippen LogP contribution in [-0.4, -0.2) is 39.9 Å². The molecule has 3 aromatic rings. The molecule has 1 amide bonds. The van der Waals surface area contributed by atoms with Crippen molar-refractivity contribution in [2.45, 2.75) is 58.2 Å². The van der Waals surface area contributed by atoms with Crippen molar-refractivity contribution in [3.8, 4) is 11.3 Å². The number of piperidine rings is 1. The van der Waals surface area contributed by atoms with Crippen LogP contribution in [0.5, 0.6) is 0 Å². The maximum absolute atomic E-state index is 12.9. The number of nitrogens with zero attached hydrogens (tertiary/aromatic N) is 3. The fraction of sp³-hybridized carbons (Fsp3) is 0.423. The van der Waals surface area contributed by atoms with Crippen LogP contribution in [0.4, 0.5) is 18.0 Å². The fourth-order valence-electron chi connectivity index (χ4n) is 4.42. The molecule has 1 unspecified atom stereocenters. The van der Waals surface area contributed by atoms with Gasteiger partial charge in [0.25, 0.3) is 0 Å². The van der Waals surface area contributed by atoms with Gasteiger partial charge < -0.3 is 9.64 Å². The molecule has 1 fully saturated rings. The third kappa shape index (κ3) is 5.00. The molecule has 1 aliphatic heterocycles. The lowest BCUT2D eigenvalue weighted by atomic mass is 9.88. The lowest BCUT2D eigenvalue weighted by Crippen LogP contribution is -2.42. The Morgan fingerprint density at radius 1 is 1.06 bits per heavy atom. The van der Waals surface area contributed by atoms with Gasteiger partial charge in [-0.1, -0.05) is 30.3 Å². The summed E-state index contributed by atoms with van der Waals surface area (Å²) in [7, 11) is 0. The van der Waals surface area contributed by atoms with Gasteiger partial charge >= 0.3 is 12.3 Å². The number of fused-ring (bicyclic) bond motifs is 1. The van der Waals surface area contributed by atoms with Crippen molar-refractivity contribution in [3.63, 3.8) is 0 Å². The van der Waals surface area contributed by atoms with Crippen molar-refractivity contribution in [2.24, 2.45) is 0 Å². The molecule has 5 nitrogen and oxygen atoms in total. The molecule has 1 atom stereocenters.